The summed E-state index contributed by atoms with van der Waals surface area (Å²) in [5, 5.41) is 10.5. The summed E-state index contributed by atoms with van der Waals surface area (Å²) in [7, 11) is 0. The van der Waals surface area contributed by atoms with E-state index in [4.69, 9.17) is 9.15 Å². The van der Waals surface area contributed by atoms with E-state index in [1.807, 2.05) is 4.90 Å². The van der Waals surface area contributed by atoms with Gasteiger partial charge in [-0.05, 0) is 44.2 Å². The number of nitrogens with zero attached hydrogens (tertiary/aromatic N) is 1. The third-order valence-electron chi connectivity index (χ3n) is 5.95. The summed E-state index contributed by atoms with van der Waals surface area (Å²) in [5.74, 6) is 0.876. The van der Waals surface area contributed by atoms with Crippen molar-refractivity contribution in [2.45, 2.75) is 75.7 Å². The van der Waals surface area contributed by atoms with Crippen LogP contribution in [0.15, 0.2) is 22.8 Å². The number of aliphatic hydroxyl groups excluding tert-OH is 1. The number of rotatable bonds is 4. The van der Waals surface area contributed by atoms with E-state index in [2.05, 4.69) is 0 Å². The Bertz CT molecular complexity index is 558. The van der Waals surface area contributed by atoms with Gasteiger partial charge in [0, 0.05) is 19.0 Å². The van der Waals surface area contributed by atoms with Crippen LogP contribution in [0.4, 0.5) is 0 Å². The third-order valence-corrected chi connectivity index (χ3v) is 5.95. The summed E-state index contributed by atoms with van der Waals surface area (Å²) in [5.41, 5.74) is 0. The Morgan fingerprint density at radius 3 is 2.92 bits per heavy atom. The molecule has 3 aliphatic rings. The maximum absolute atomic E-state index is 13.2. The number of ether oxygens (including phenoxy) is 1. The fourth-order valence-corrected chi connectivity index (χ4v) is 4.68. The average Bonchev–Trinajstić information content (AvgIpc) is 3.31. The number of hydrogen-bond acceptors (Lipinski definition) is 4. The van der Waals surface area contributed by atoms with Gasteiger partial charge >= 0.3 is 0 Å². The summed E-state index contributed by atoms with van der Waals surface area (Å²) in [6, 6.07) is 3.69. The van der Waals surface area contributed by atoms with Crippen LogP contribution in [0.3, 0.4) is 0 Å². The number of carbonyl (C=O) groups excluding carboxylic acids is 1. The van der Waals surface area contributed by atoms with Crippen LogP contribution in [0.5, 0.6) is 0 Å². The van der Waals surface area contributed by atoms with E-state index in [1.54, 1.807) is 18.4 Å². The molecule has 132 valence electrons. The average molecular weight is 333 g/mol. The lowest BCUT2D eigenvalue weighted by molar-refractivity contribution is -0.140. The normalized spacial score (nSPS) is 34.3. The topological polar surface area (TPSA) is 62.9 Å². The highest BCUT2D eigenvalue weighted by molar-refractivity contribution is 5.80. The van der Waals surface area contributed by atoms with Crippen molar-refractivity contribution in [2.75, 3.05) is 6.54 Å². The van der Waals surface area contributed by atoms with Crippen LogP contribution in [0.25, 0.3) is 0 Å². The van der Waals surface area contributed by atoms with Gasteiger partial charge in [-0.2, -0.15) is 0 Å². The Labute approximate surface area is 143 Å². The largest absolute Gasteiger partial charge is 0.467 e. The molecule has 2 bridgehead atoms. The molecule has 1 N–H and O–H groups in total. The van der Waals surface area contributed by atoms with Crippen LogP contribution in [-0.2, 0) is 9.53 Å². The predicted molar refractivity (Wildman–Crippen MR) is 88.3 cm³/mol. The molecule has 4 heterocycles. The first-order valence-electron chi connectivity index (χ1n) is 9.40. The number of amides is 1. The van der Waals surface area contributed by atoms with Gasteiger partial charge in [-0.1, -0.05) is 12.8 Å². The van der Waals surface area contributed by atoms with Crippen molar-refractivity contribution >= 4 is 5.91 Å². The first-order chi connectivity index (χ1) is 11.7. The van der Waals surface area contributed by atoms with Crippen molar-refractivity contribution in [1.82, 2.24) is 4.90 Å². The summed E-state index contributed by atoms with van der Waals surface area (Å²) < 4.78 is 11.2. The van der Waals surface area contributed by atoms with E-state index in [0.29, 0.717) is 18.3 Å². The monoisotopic (exact) mass is 333 g/mol. The number of hydrogen-bond donors (Lipinski definition) is 1. The standard InChI is InChI=1S/C19H27NO4/c21-16(18-6-4-10-23-18)11-13-5-2-1-3-9-20(13)19(22)15-12-14-7-8-17(15)24-14/h4,6,10,13-17,21H,1-3,5,7-9,11-12H2. The molecule has 5 nitrogen and oxygen atoms in total. The lowest BCUT2D eigenvalue weighted by atomic mass is 9.87. The van der Waals surface area contributed by atoms with E-state index in [1.165, 1.54) is 0 Å². The molecule has 4 rings (SSSR count). The molecule has 5 atom stereocenters. The number of fused-ring (bicyclic) bond motifs is 2. The van der Waals surface area contributed by atoms with Gasteiger partial charge in [0.2, 0.25) is 5.91 Å². The number of carbonyl (C=O) groups is 1. The first-order valence-corrected chi connectivity index (χ1v) is 9.40. The lowest BCUT2D eigenvalue weighted by Crippen LogP contribution is -2.46. The van der Waals surface area contributed by atoms with Gasteiger partial charge in [-0.15, -0.1) is 0 Å². The smallest absolute Gasteiger partial charge is 0.228 e. The number of furan rings is 1. The van der Waals surface area contributed by atoms with Crippen molar-refractivity contribution in [3.8, 4) is 0 Å². The molecule has 24 heavy (non-hydrogen) atoms. The highest BCUT2D eigenvalue weighted by Crippen LogP contribution is 2.40. The SMILES string of the molecule is O=C(C1CC2CCC1O2)N1CCCCCC1CC(O)c1ccco1. The Balaban J connectivity index is 1.46. The minimum absolute atomic E-state index is 0.0325. The van der Waals surface area contributed by atoms with Crippen LogP contribution >= 0.6 is 0 Å². The van der Waals surface area contributed by atoms with Crippen molar-refractivity contribution in [3.05, 3.63) is 24.2 Å². The van der Waals surface area contributed by atoms with E-state index < -0.39 is 6.10 Å². The van der Waals surface area contributed by atoms with E-state index >= 15 is 0 Å². The third kappa shape index (κ3) is 3.11. The molecular weight excluding hydrogens is 306 g/mol. The molecule has 0 saturated carbocycles. The van der Waals surface area contributed by atoms with Gasteiger partial charge < -0.3 is 19.2 Å². The Kier molecular flexibility index (Phi) is 4.63. The zero-order chi connectivity index (χ0) is 16.5. The zero-order valence-corrected chi connectivity index (χ0v) is 14.1. The van der Waals surface area contributed by atoms with Crippen LogP contribution in [0.1, 0.15) is 63.2 Å². The van der Waals surface area contributed by atoms with Gasteiger partial charge in [0.05, 0.1) is 24.4 Å². The van der Waals surface area contributed by atoms with Crippen molar-refractivity contribution in [2.24, 2.45) is 5.92 Å². The first kappa shape index (κ1) is 16.2. The van der Waals surface area contributed by atoms with Gasteiger partial charge in [0.15, 0.2) is 0 Å². The van der Waals surface area contributed by atoms with Crippen LogP contribution in [-0.4, -0.2) is 40.7 Å². The van der Waals surface area contributed by atoms with E-state index in [9.17, 15) is 9.90 Å². The van der Waals surface area contributed by atoms with Crippen molar-refractivity contribution in [3.63, 3.8) is 0 Å². The second-order valence-corrected chi connectivity index (χ2v) is 7.52. The molecular formula is C19H27NO4. The molecule has 3 aliphatic heterocycles. The fraction of sp³-hybridized carbons (Fsp3) is 0.737. The van der Waals surface area contributed by atoms with Gasteiger partial charge in [0.1, 0.15) is 11.9 Å². The molecule has 0 aromatic carbocycles. The van der Waals surface area contributed by atoms with Gasteiger partial charge in [-0.3, -0.25) is 4.79 Å². The van der Waals surface area contributed by atoms with E-state index in [-0.39, 0.29) is 24.0 Å². The van der Waals surface area contributed by atoms with Gasteiger partial charge in [-0.25, -0.2) is 0 Å². The summed E-state index contributed by atoms with van der Waals surface area (Å²) in [4.78, 5) is 15.2. The summed E-state index contributed by atoms with van der Waals surface area (Å²) in [6.07, 6.45) is 9.22. The maximum atomic E-state index is 13.2. The number of likely N-dealkylation sites (tertiary alicyclic amines) is 1. The zero-order valence-electron chi connectivity index (χ0n) is 14.1. The molecule has 3 saturated heterocycles. The van der Waals surface area contributed by atoms with Gasteiger partial charge in [0.25, 0.3) is 0 Å². The van der Waals surface area contributed by atoms with Crippen LogP contribution in [0, 0.1) is 5.92 Å². The highest BCUT2D eigenvalue weighted by atomic mass is 16.5. The molecule has 1 aromatic rings. The Hall–Kier alpha value is -1.33. The molecule has 0 aliphatic carbocycles. The molecule has 3 fully saturated rings. The summed E-state index contributed by atoms with van der Waals surface area (Å²) in [6.45, 7) is 0.808. The second kappa shape index (κ2) is 6.89. The minimum Gasteiger partial charge on any atom is -0.467 e. The molecule has 5 heteroatoms. The number of aliphatic hydroxyl groups is 1. The van der Waals surface area contributed by atoms with Crippen LogP contribution in [0.2, 0.25) is 0 Å². The molecule has 1 amide bonds. The molecule has 5 unspecified atom stereocenters. The molecule has 0 spiro atoms. The highest BCUT2D eigenvalue weighted by Gasteiger charge is 2.46. The lowest BCUT2D eigenvalue weighted by Gasteiger charge is -2.34. The second-order valence-electron chi connectivity index (χ2n) is 7.52. The Morgan fingerprint density at radius 2 is 2.21 bits per heavy atom. The molecule has 1 aromatic heterocycles. The summed E-state index contributed by atoms with van der Waals surface area (Å²) >= 11 is 0. The predicted octanol–water partition coefficient (Wildman–Crippen LogP) is 3.04. The van der Waals surface area contributed by atoms with Crippen molar-refractivity contribution in [1.29, 1.82) is 0 Å². The van der Waals surface area contributed by atoms with Crippen molar-refractivity contribution < 1.29 is 19.1 Å². The molecule has 0 radical (unpaired) electrons. The fourth-order valence-electron chi connectivity index (χ4n) is 4.68. The Morgan fingerprint density at radius 1 is 1.29 bits per heavy atom. The minimum atomic E-state index is -0.644. The van der Waals surface area contributed by atoms with E-state index in [0.717, 1.165) is 51.5 Å². The maximum Gasteiger partial charge on any atom is 0.228 e. The quantitative estimate of drug-likeness (QED) is 0.920. The van der Waals surface area contributed by atoms with Crippen LogP contribution < -0.4 is 0 Å².